The number of sulfone groups is 1. The number of carbonyl (C=O) groups is 2. The Balaban J connectivity index is 2.06. The van der Waals surface area contributed by atoms with Crippen LogP contribution in [0.2, 0.25) is 0 Å². The highest BCUT2D eigenvalue weighted by Crippen LogP contribution is 2.33. The number of hydrogen-bond acceptors (Lipinski definition) is 4. The molecule has 2 N–H and O–H groups in total. The van der Waals surface area contributed by atoms with Gasteiger partial charge in [0.15, 0.2) is 9.84 Å². The molecule has 0 aromatic carbocycles. The minimum atomic E-state index is -3.14. The van der Waals surface area contributed by atoms with E-state index in [1.54, 1.807) is 0 Å². The number of carbonyl (C=O) groups excluding carboxylic acids is 1. The highest BCUT2D eigenvalue weighted by atomic mass is 32.2. The average Bonchev–Trinajstić information content (AvgIpc) is 2.73. The fourth-order valence-corrected chi connectivity index (χ4v) is 4.73. The van der Waals surface area contributed by atoms with Crippen LogP contribution >= 0.6 is 0 Å². The minimum Gasteiger partial charge on any atom is -0.480 e. The summed E-state index contributed by atoms with van der Waals surface area (Å²) in [6.45, 7) is 2.07. The zero-order valence-corrected chi connectivity index (χ0v) is 12.4. The van der Waals surface area contributed by atoms with Crippen molar-refractivity contribution in [3.05, 3.63) is 0 Å². The van der Waals surface area contributed by atoms with Gasteiger partial charge in [-0.25, -0.2) is 13.2 Å². The summed E-state index contributed by atoms with van der Waals surface area (Å²) in [5, 5.41) is 12.1. The van der Waals surface area contributed by atoms with Gasteiger partial charge in [-0.1, -0.05) is 6.92 Å². The van der Waals surface area contributed by atoms with Crippen LogP contribution in [0.5, 0.6) is 0 Å². The number of carboxylic acid groups (broad SMARTS) is 1. The fourth-order valence-electron chi connectivity index (χ4n) is 2.99. The van der Waals surface area contributed by atoms with Gasteiger partial charge in [-0.15, -0.1) is 0 Å². The molecule has 1 saturated carbocycles. The van der Waals surface area contributed by atoms with Crippen LogP contribution in [0.15, 0.2) is 0 Å². The predicted molar refractivity (Wildman–Crippen MR) is 72.9 cm³/mol. The van der Waals surface area contributed by atoms with Crippen molar-refractivity contribution < 1.29 is 23.1 Å². The molecule has 0 aromatic rings. The second-order valence-corrected chi connectivity index (χ2v) is 8.39. The lowest BCUT2D eigenvalue weighted by Gasteiger charge is -2.37. The lowest BCUT2D eigenvalue weighted by molar-refractivity contribution is -0.150. The Morgan fingerprint density at radius 3 is 2.25 bits per heavy atom. The smallest absolute Gasteiger partial charge is 0.329 e. The zero-order chi connectivity index (χ0) is 15.0. The Morgan fingerprint density at radius 1 is 1.20 bits per heavy atom. The summed E-state index contributed by atoms with van der Waals surface area (Å²) in [7, 11) is -3.14. The molecule has 1 atom stereocenters. The van der Waals surface area contributed by atoms with E-state index in [0.717, 1.165) is 12.8 Å². The summed E-state index contributed by atoms with van der Waals surface area (Å²) in [5.41, 5.74) is -1.21. The quantitative estimate of drug-likeness (QED) is 0.794. The van der Waals surface area contributed by atoms with E-state index < -0.39 is 33.2 Å². The largest absolute Gasteiger partial charge is 0.480 e. The summed E-state index contributed by atoms with van der Waals surface area (Å²) in [4.78, 5) is 23.7. The van der Waals surface area contributed by atoms with Crippen molar-refractivity contribution in [2.45, 2.75) is 44.6 Å². The van der Waals surface area contributed by atoms with Gasteiger partial charge < -0.3 is 10.4 Å². The van der Waals surface area contributed by atoms with E-state index in [-0.39, 0.29) is 11.5 Å². The maximum absolute atomic E-state index is 12.2. The fraction of sp³-hybridized carbons (Fsp3) is 0.846. The summed E-state index contributed by atoms with van der Waals surface area (Å²) < 4.78 is 22.8. The Kier molecular flexibility index (Phi) is 4.09. The first kappa shape index (κ1) is 15.3. The van der Waals surface area contributed by atoms with E-state index in [2.05, 4.69) is 12.2 Å². The zero-order valence-electron chi connectivity index (χ0n) is 11.6. The summed E-state index contributed by atoms with van der Waals surface area (Å²) >= 11 is 0. The molecule has 6 nitrogen and oxygen atoms in total. The monoisotopic (exact) mass is 303 g/mol. The number of aliphatic carboxylic acids is 1. The maximum Gasteiger partial charge on any atom is 0.329 e. The van der Waals surface area contributed by atoms with E-state index in [4.69, 9.17) is 0 Å². The van der Waals surface area contributed by atoms with Gasteiger partial charge in [-0.2, -0.15) is 0 Å². The third-order valence-electron chi connectivity index (χ3n) is 4.50. The number of hydrogen-bond donors (Lipinski definition) is 2. The molecule has 114 valence electrons. The van der Waals surface area contributed by atoms with Gasteiger partial charge in [0.2, 0.25) is 5.91 Å². The van der Waals surface area contributed by atoms with Gasteiger partial charge in [0.1, 0.15) is 5.54 Å². The summed E-state index contributed by atoms with van der Waals surface area (Å²) in [5.74, 6) is -1.73. The number of amides is 1. The Bertz CT molecular complexity index is 505. The Hall–Kier alpha value is -1.11. The molecule has 1 aliphatic heterocycles. The summed E-state index contributed by atoms with van der Waals surface area (Å²) in [6, 6.07) is 0. The van der Waals surface area contributed by atoms with Crippen molar-refractivity contribution in [1.82, 2.24) is 5.32 Å². The Morgan fingerprint density at radius 2 is 1.80 bits per heavy atom. The first-order valence-corrected chi connectivity index (χ1v) is 8.82. The predicted octanol–water partition coefficient (Wildman–Crippen LogP) is 0.571. The van der Waals surface area contributed by atoms with Crippen molar-refractivity contribution in [3.63, 3.8) is 0 Å². The van der Waals surface area contributed by atoms with Crippen molar-refractivity contribution in [3.8, 4) is 0 Å². The van der Waals surface area contributed by atoms with Crippen LogP contribution in [-0.2, 0) is 19.4 Å². The topological polar surface area (TPSA) is 101 Å². The molecule has 1 saturated heterocycles. The third-order valence-corrected chi connectivity index (χ3v) is 6.27. The van der Waals surface area contributed by atoms with Crippen LogP contribution in [0.4, 0.5) is 0 Å². The molecular formula is C13H21NO5S. The first-order chi connectivity index (χ1) is 9.24. The van der Waals surface area contributed by atoms with E-state index in [9.17, 15) is 23.1 Å². The Labute approximate surface area is 118 Å². The number of rotatable bonds is 3. The van der Waals surface area contributed by atoms with Crippen LogP contribution in [0.1, 0.15) is 39.0 Å². The highest BCUT2D eigenvalue weighted by Gasteiger charge is 2.44. The second kappa shape index (κ2) is 5.35. The minimum absolute atomic E-state index is 0.0161. The van der Waals surface area contributed by atoms with Crippen molar-refractivity contribution in [1.29, 1.82) is 0 Å². The summed E-state index contributed by atoms with van der Waals surface area (Å²) in [6.07, 6.45) is 2.63. The van der Waals surface area contributed by atoms with Crippen LogP contribution in [0, 0.1) is 11.8 Å². The van der Waals surface area contributed by atoms with E-state index in [0.29, 0.717) is 25.2 Å². The molecule has 1 unspecified atom stereocenters. The first-order valence-electron chi connectivity index (χ1n) is 7.00. The van der Waals surface area contributed by atoms with Crippen molar-refractivity contribution in [2.75, 3.05) is 11.5 Å². The van der Waals surface area contributed by atoms with Crippen LogP contribution in [0.25, 0.3) is 0 Å². The van der Waals surface area contributed by atoms with Crippen LogP contribution < -0.4 is 5.32 Å². The molecule has 2 aliphatic rings. The van der Waals surface area contributed by atoms with Gasteiger partial charge in [-0.05, 0) is 38.0 Å². The maximum atomic E-state index is 12.2. The van der Waals surface area contributed by atoms with Crippen LogP contribution in [0.3, 0.4) is 0 Å². The van der Waals surface area contributed by atoms with Gasteiger partial charge >= 0.3 is 5.97 Å². The van der Waals surface area contributed by atoms with E-state index in [1.807, 2.05) is 0 Å². The average molecular weight is 303 g/mol. The molecule has 0 bridgehead atoms. The lowest BCUT2D eigenvalue weighted by Crippen LogP contribution is -2.57. The second-order valence-electron chi connectivity index (χ2n) is 6.16. The molecule has 0 spiro atoms. The normalized spacial score (nSPS) is 36.5. The molecule has 0 aromatic heterocycles. The van der Waals surface area contributed by atoms with Gasteiger partial charge in [0.25, 0.3) is 0 Å². The molecule has 7 heteroatoms. The lowest BCUT2D eigenvalue weighted by atomic mass is 9.77. The molecule has 1 aliphatic carbocycles. The molecular weight excluding hydrogens is 282 g/mol. The van der Waals surface area contributed by atoms with Gasteiger partial charge in [-0.3, -0.25) is 4.79 Å². The number of nitrogens with one attached hydrogen (secondary N) is 1. The van der Waals surface area contributed by atoms with Crippen molar-refractivity contribution in [2.24, 2.45) is 11.8 Å². The molecule has 1 heterocycles. The van der Waals surface area contributed by atoms with E-state index in [1.165, 1.54) is 0 Å². The van der Waals surface area contributed by atoms with Crippen LogP contribution in [-0.4, -0.2) is 42.4 Å². The molecule has 1 amide bonds. The molecule has 20 heavy (non-hydrogen) atoms. The SMILES string of the molecule is CC1CCC(NC(=O)C2CCS(=O)(=O)C2)(C(=O)O)CC1. The van der Waals surface area contributed by atoms with Gasteiger partial charge in [0, 0.05) is 0 Å². The molecule has 0 radical (unpaired) electrons. The number of carboxylic acids is 1. The highest BCUT2D eigenvalue weighted by molar-refractivity contribution is 7.91. The standard InChI is InChI=1S/C13H21NO5S/c1-9-2-5-13(6-3-9,12(16)17)14-11(15)10-4-7-20(18,19)8-10/h9-10H,2-8H2,1H3,(H,14,15)(H,16,17). The molecule has 2 fully saturated rings. The molecule has 2 rings (SSSR count). The van der Waals surface area contributed by atoms with E-state index >= 15 is 0 Å². The third kappa shape index (κ3) is 3.13. The van der Waals surface area contributed by atoms with Crippen molar-refractivity contribution >= 4 is 21.7 Å². The van der Waals surface area contributed by atoms with Gasteiger partial charge in [0.05, 0.1) is 17.4 Å².